The molecule has 22 heavy (non-hydrogen) atoms. The van der Waals surface area contributed by atoms with E-state index in [4.69, 9.17) is 19.5 Å². The van der Waals surface area contributed by atoms with Crippen LogP contribution < -0.4 is 14.2 Å². The maximum Gasteiger partial charge on any atom is 0.179 e. The predicted octanol–water partition coefficient (Wildman–Crippen LogP) is 3.59. The van der Waals surface area contributed by atoms with Crippen molar-refractivity contribution in [1.29, 1.82) is 5.26 Å². The second-order valence-corrected chi connectivity index (χ2v) is 4.64. The van der Waals surface area contributed by atoms with Crippen LogP contribution in [0.25, 0.3) is 0 Å². The number of nitriles is 1. The standard InChI is InChI=1S/C18H19NO3/c1-3-14-7-9-16(10-8-14)21-11-12-22-18-15(13-19)5-4-6-17(18)20-2/h4-10H,3,11-12H2,1-2H3. The highest BCUT2D eigenvalue weighted by Gasteiger charge is 2.10. The molecule has 2 aromatic carbocycles. The molecule has 0 aliphatic rings. The lowest BCUT2D eigenvalue weighted by Crippen LogP contribution is -2.10. The Morgan fingerprint density at radius 3 is 2.36 bits per heavy atom. The molecule has 0 amide bonds. The van der Waals surface area contributed by atoms with Crippen molar-refractivity contribution in [3.63, 3.8) is 0 Å². The summed E-state index contributed by atoms with van der Waals surface area (Å²) in [6, 6.07) is 15.3. The molecule has 4 nitrogen and oxygen atoms in total. The van der Waals surface area contributed by atoms with Crippen LogP contribution in [0, 0.1) is 11.3 Å². The summed E-state index contributed by atoms with van der Waals surface area (Å²) in [7, 11) is 1.55. The Morgan fingerprint density at radius 2 is 1.73 bits per heavy atom. The van der Waals surface area contributed by atoms with Gasteiger partial charge in [-0.3, -0.25) is 0 Å². The maximum atomic E-state index is 9.11. The van der Waals surface area contributed by atoms with Gasteiger partial charge in [0.1, 0.15) is 25.0 Å². The van der Waals surface area contributed by atoms with Gasteiger partial charge >= 0.3 is 0 Å². The average molecular weight is 297 g/mol. The van der Waals surface area contributed by atoms with E-state index in [2.05, 4.69) is 13.0 Å². The average Bonchev–Trinajstić information content (AvgIpc) is 2.59. The van der Waals surface area contributed by atoms with Gasteiger partial charge in [-0.2, -0.15) is 5.26 Å². The molecule has 0 saturated heterocycles. The van der Waals surface area contributed by atoms with Gasteiger partial charge in [0.25, 0.3) is 0 Å². The zero-order valence-electron chi connectivity index (χ0n) is 12.8. The number of methoxy groups -OCH3 is 1. The van der Waals surface area contributed by atoms with Gasteiger partial charge in [-0.15, -0.1) is 0 Å². The lowest BCUT2D eigenvalue weighted by Gasteiger charge is -2.12. The predicted molar refractivity (Wildman–Crippen MR) is 84.5 cm³/mol. The fourth-order valence-electron chi connectivity index (χ4n) is 2.04. The van der Waals surface area contributed by atoms with Gasteiger partial charge in [-0.05, 0) is 36.2 Å². The first-order chi connectivity index (χ1) is 10.8. The van der Waals surface area contributed by atoms with Crippen molar-refractivity contribution in [1.82, 2.24) is 0 Å². The number of para-hydroxylation sites is 1. The van der Waals surface area contributed by atoms with Crippen molar-refractivity contribution in [2.75, 3.05) is 20.3 Å². The second-order valence-electron chi connectivity index (χ2n) is 4.64. The molecule has 0 saturated carbocycles. The van der Waals surface area contributed by atoms with E-state index in [1.807, 2.05) is 24.3 Å². The van der Waals surface area contributed by atoms with Crippen LogP contribution in [-0.2, 0) is 6.42 Å². The molecule has 0 aliphatic heterocycles. The number of rotatable bonds is 7. The topological polar surface area (TPSA) is 51.5 Å². The van der Waals surface area contributed by atoms with E-state index in [1.54, 1.807) is 25.3 Å². The Kier molecular flexibility index (Phi) is 5.67. The summed E-state index contributed by atoms with van der Waals surface area (Å²) in [5, 5.41) is 9.11. The molecule has 2 aromatic rings. The lowest BCUT2D eigenvalue weighted by atomic mass is 10.2. The largest absolute Gasteiger partial charge is 0.493 e. The van der Waals surface area contributed by atoms with Crippen LogP contribution in [0.3, 0.4) is 0 Å². The summed E-state index contributed by atoms with van der Waals surface area (Å²) in [4.78, 5) is 0. The molecule has 114 valence electrons. The molecule has 0 bridgehead atoms. The van der Waals surface area contributed by atoms with E-state index in [0.29, 0.717) is 30.3 Å². The van der Waals surface area contributed by atoms with Gasteiger partial charge in [0.05, 0.1) is 12.7 Å². The number of ether oxygens (including phenoxy) is 3. The molecule has 0 fully saturated rings. The normalized spacial score (nSPS) is 9.86. The van der Waals surface area contributed by atoms with Crippen molar-refractivity contribution in [3.8, 4) is 23.3 Å². The number of aryl methyl sites for hydroxylation is 1. The van der Waals surface area contributed by atoms with Crippen LogP contribution >= 0.6 is 0 Å². The molecule has 0 aliphatic carbocycles. The smallest absolute Gasteiger partial charge is 0.179 e. The lowest BCUT2D eigenvalue weighted by molar-refractivity contribution is 0.211. The third kappa shape index (κ3) is 3.92. The van der Waals surface area contributed by atoms with Gasteiger partial charge in [0.15, 0.2) is 11.5 Å². The molecule has 0 heterocycles. The van der Waals surface area contributed by atoms with Crippen molar-refractivity contribution >= 4 is 0 Å². The fourth-order valence-corrected chi connectivity index (χ4v) is 2.04. The summed E-state index contributed by atoms with van der Waals surface area (Å²) < 4.78 is 16.5. The van der Waals surface area contributed by atoms with E-state index in [0.717, 1.165) is 12.2 Å². The third-order valence-corrected chi connectivity index (χ3v) is 3.25. The van der Waals surface area contributed by atoms with E-state index in [1.165, 1.54) is 5.56 Å². The first-order valence-electron chi connectivity index (χ1n) is 7.20. The Bertz CT molecular complexity index is 644. The van der Waals surface area contributed by atoms with E-state index < -0.39 is 0 Å². The van der Waals surface area contributed by atoms with Gasteiger partial charge in [0, 0.05) is 0 Å². The van der Waals surface area contributed by atoms with Crippen LogP contribution in [0.2, 0.25) is 0 Å². The van der Waals surface area contributed by atoms with Crippen molar-refractivity contribution in [2.45, 2.75) is 13.3 Å². The van der Waals surface area contributed by atoms with Crippen molar-refractivity contribution in [3.05, 3.63) is 53.6 Å². The highest BCUT2D eigenvalue weighted by atomic mass is 16.5. The summed E-state index contributed by atoms with van der Waals surface area (Å²) in [5.74, 6) is 1.81. The Labute approximate surface area is 130 Å². The minimum absolute atomic E-state index is 0.338. The summed E-state index contributed by atoms with van der Waals surface area (Å²) in [6.07, 6.45) is 1.01. The maximum absolute atomic E-state index is 9.11. The van der Waals surface area contributed by atoms with Gasteiger partial charge in [-0.25, -0.2) is 0 Å². The first-order valence-corrected chi connectivity index (χ1v) is 7.20. The molecule has 0 radical (unpaired) electrons. The SMILES string of the molecule is CCc1ccc(OCCOc2c(C#N)cccc2OC)cc1. The van der Waals surface area contributed by atoms with E-state index in [-0.39, 0.29) is 0 Å². The number of benzene rings is 2. The Balaban J connectivity index is 1.90. The van der Waals surface area contributed by atoms with Crippen LogP contribution in [-0.4, -0.2) is 20.3 Å². The molecule has 0 spiro atoms. The van der Waals surface area contributed by atoms with Crippen LogP contribution in [0.1, 0.15) is 18.1 Å². The third-order valence-electron chi connectivity index (χ3n) is 3.25. The van der Waals surface area contributed by atoms with Crippen molar-refractivity contribution < 1.29 is 14.2 Å². The number of hydrogen-bond acceptors (Lipinski definition) is 4. The van der Waals surface area contributed by atoms with E-state index >= 15 is 0 Å². The zero-order chi connectivity index (χ0) is 15.8. The summed E-state index contributed by atoms with van der Waals surface area (Å²) in [6.45, 7) is 2.85. The molecule has 4 heteroatoms. The minimum atomic E-state index is 0.338. The number of hydrogen-bond donors (Lipinski definition) is 0. The molecular formula is C18H19NO3. The second kappa shape index (κ2) is 7.94. The number of nitrogens with zero attached hydrogens (tertiary/aromatic N) is 1. The monoisotopic (exact) mass is 297 g/mol. The van der Waals surface area contributed by atoms with Crippen molar-refractivity contribution in [2.24, 2.45) is 0 Å². The van der Waals surface area contributed by atoms with E-state index in [9.17, 15) is 0 Å². The Morgan fingerprint density at radius 1 is 1.00 bits per heavy atom. The van der Waals surface area contributed by atoms with Gasteiger partial charge < -0.3 is 14.2 Å². The molecule has 2 rings (SSSR count). The quantitative estimate of drug-likeness (QED) is 0.733. The minimum Gasteiger partial charge on any atom is -0.493 e. The molecule has 0 unspecified atom stereocenters. The first kappa shape index (κ1) is 15.7. The molecular weight excluding hydrogens is 278 g/mol. The molecule has 0 aromatic heterocycles. The highest BCUT2D eigenvalue weighted by molar-refractivity contribution is 5.52. The molecule has 0 atom stereocenters. The van der Waals surface area contributed by atoms with Gasteiger partial charge in [-0.1, -0.05) is 25.1 Å². The Hall–Kier alpha value is -2.67. The summed E-state index contributed by atoms with van der Waals surface area (Å²) in [5.41, 5.74) is 1.72. The summed E-state index contributed by atoms with van der Waals surface area (Å²) >= 11 is 0. The zero-order valence-corrected chi connectivity index (χ0v) is 12.8. The fraction of sp³-hybridized carbons (Fsp3) is 0.278. The van der Waals surface area contributed by atoms with Gasteiger partial charge in [0.2, 0.25) is 0 Å². The van der Waals surface area contributed by atoms with Crippen LogP contribution in [0.5, 0.6) is 17.2 Å². The molecule has 0 N–H and O–H groups in total. The van der Waals surface area contributed by atoms with Crippen LogP contribution in [0.4, 0.5) is 0 Å². The van der Waals surface area contributed by atoms with Crippen LogP contribution in [0.15, 0.2) is 42.5 Å². The highest BCUT2D eigenvalue weighted by Crippen LogP contribution is 2.30.